The van der Waals surface area contributed by atoms with Crippen LogP contribution in [0, 0.1) is 5.92 Å². The molecule has 0 heterocycles. The van der Waals surface area contributed by atoms with Crippen LogP contribution in [0.15, 0.2) is 30.3 Å². The first-order valence-electron chi connectivity index (χ1n) is 6.90. The number of carbonyl (C=O) groups is 1. The summed E-state index contributed by atoms with van der Waals surface area (Å²) in [6, 6.07) is 9.87. The van der Waals surface area contributed by atoms with Crippen molar-refractivity contribution in [2.45, 2.75) is 46.0 Å². The topological polar surface area (TPSA) is 26.3 Å². The van der Waals surface area contributed by atoms with E-state index in [1.807, 2.05) is 37.3 Å². The Kier molecular flexibility index (Phi) is 6.48. The molecule has 0 bridgehead atoms. The van der Waals surface area contributed by atoms with Gasteiger partial charge in [0, 0.05) is 0 Å². The molecule has 0 fully saturated rings. The number of rotatable bonds is 7. The standard InChI is InChI=1S/C16H24O2/c1-4-9-13(3)12-18-16(17)15(5-2)14-10-7-6-8-11-14/h6-8,10-11,13,15H,4-5,9,12H2,1-3H3. The third kappa shape index (κ3) is 4.52. The maximum absolute atomic E-state index is 12.1. The quantitative estimate of drug-likeness (QED) is 0.677. The van der Waals surface area contributed by atoms with Crippen LogP contribution < -0.4 is 0 Å². The average Bonchev–Trinajstić information content (AvgIpc) is 2.39. The van der Waals surface area contributed by atoms with Crippen LogP contribution in [0.5, 0.6) is 0 Å². The summed E-state index contributed by atoms with van der Waals surface area (Å²) in [6.45, 7) is 6.84. The maximum atomic E-state index is 12.1. The first kappa shape index (κ1) is 14.7. The van der Waals surface area contributed by atoms with E-state index in [1.54, 1.807) is 0 Å². The fourth-order valence-corrected chi connectivity index (χ4v) is 2.12. The monoisotopic (exact) mass is 248 g/mol. The Hall–Kier alpha value is -1.31. The van der Waals surface area contributed by atoms with Gasteiger partial charge in [0.05, 0.1) is 12.5 Å². The number of carbonyl (C=O) groups excluding carboxylic acids is 1. The molecule has 0 spiro atoms. The van der Waals surface area contributed by atoms with Gasteiger partial charge in [0.15, 0.2) is 0 Å². The van der Waals surface area contributed by atoms with E-state index in [-0.39, 0.29) is 11.9 Å². The number of benzene rings is 1. The van der Waals surface area contributed by atoms with Crippen molar-refractivity contribution < 1.29 is 9.53 Å². The van der Waals surface area contributed by atoms with Crippen LogP contribution >= 0.6 is 0 Å². The molecular weight excluding hydrogens is 224 g/mol. The van der Waals surface area contributed by atoms with Crippen LogP contribution in [0.1, 0.15) is 51.5 Å². The highest BCUT2D eigenvalue weighted by atomic mass is 16.5. The second kappa shape index (κ2) is 7.91. The molecule has 0 radical (unpaired) electrons. The second-order valence-corrected chi connectivity index (χ2v) is 4.90. The molecule has 0 amide bonds. The van der Waals surface area contributed by atoms with Gasteiger partial charge in [0.1, 0.15) is 0 Å². The molecule has 0 N–H and O–H groups in total. The normalized spacial score (nSPS) is 13.9. The van der Waals surface area contributed by atoms with E-state index in [1.165, 1.54) is 0 Å². The van der Waals surface area contributed by atoms with Gasteiger partial charge in [-0.3, -0.25) is 4.79 Å². The second-order valence-electron chi connectivity index (χ2n) is 4.90. The lowest BCUT2D eigenvalue weighted by molar-refractivity contribution is -0.146. The van der Waals surface area contributed by atoms with Crippen molar-refractivity contribution in [3.8, 4) is 0 Å². The van der Waals surface area contributed by atoms with Gasteiger partial charge in [-0.05, 0) is 24.3 Å². The highest BCUT2D eigenvalue weighted by molar-refractivity contribution is 5.78. The summed E-state index contributed by atoms with van der Waals surface area (Å²) in [5, 5.41) is 0. The lowest BCUT2D eigenvalue weighted by Gasteiger charge is -2.16. The van der Waals surface area contributed by atoms with Gasteiger partial charge in [0.25, 0.3) is 0 Å². The predicted molar refractivity (Wildman–Crippen MR) is 74.5 cm³/mol. The van der Waals surface area contributed by atoms with Crippen molar-refractivity contribution in [1.82, 2.24) is 0 Å². The Morgan fingerprint density at radius 3 is 2.44 bits per heavy atom. The Morgan fingerprint density at radius 1 is 1.22 bits per heavy atom. The minimum absolute atomic E-state index is 0.0911. The molecule has 0 aliphatic carbocycles. The molecule has 2 unspecified atom stereocenters. The third-order valence-corrected chi connectivity index (χ3v) is 3.19. The largest absolute Gasteiger partial charge is 0.465 e. The van der Waals surface area contributed by atoms with E-state index in [9.17, 15) is 4.79 Å². The molecule has 1 rings (SSSR count). The summed E-state index contributed by atoms with van der Waals surface area (Å²) >= 11 is 0. The van der Waals surface area contributed by atoms with Crippen LogP contribution in [0.4, 0.5) is 0 Å². The van der Waals surface area contributed by atoms with Crippen LogP contribution in [0.2, 0.25) is 0 Å². The summed E-state index contributed by atoms with van der Waals surface area (Å²) in [7, 11) is 0. The van der Waals surface area contributed by atoms with Gasteiger partial charge in [-0.25, -0.2) is 0 Å². The van der Waals surface area contributed by atoms with Gasteiger partial charge in [-0.2, -0.15) is 0 Å². The van der Waals surface area contributed by atoms with Gasteiger partial charge < -0.3 is 4.74 Å². The molecule has 0 saturated heterocycles. The first-order valence-corrected chi connectivity index (χ1v) is 6.90. The van der Waals surface area contributed by atoms with E-state index < -0.39 is 0 Å². The lowest BCUT2D eigenvalue weighted by Crippen LogP contribution is -2.18. The molecule has 1 aromatic rings. The van der Waals surface area contributed by atoms with E-state index in [2.05, 4.69) is 13.8 Å². The summed E-state index contributed by atoms with van der Waals surface area (Å²) in [5.41, 5.74) is 1.05. The summed E-state index contributed by atoms with van der Waals surface area (Å²) in [4.78, 5) is 12.1. The van der Waals surface area contributed by atoms with Crippen molar-refractivity contribution in [2.75, 3.05) is 6.61 Å². The van der Waals surface area contributed by atoms with Crippen molar-refractivity contribution in [1.29, 1.82) is 0 Å². The Balaban J connectivity index is 2.53. The third-order valence-electron chi connectivity index (χ3n) is 3.19. The maximum Gasteiger partial charge on any atom is 0.313 e. The van der Waals surface area contributed by atoms with Crippen molar-refractivity contribution in [3.63, 3.8) is 0 Å². The fraction of sp³-hybridized carbons (Fsp3) is 0.562. The van der Waals surface area contributed by atoms with Gasteiger partial charge in [0.2, 0.25) is 0 Å². The molecule has 0 aliphatic rings. The number of hydrogen-bond donors (Lipinski definition) is 0. The Morgan fingerprint density at radius 2 is 1.89 bits per heavy atom. The molecular formula is C16H24O2. The van der Waals surface area contributed by atoms with Crippen LogP contribution in [0.25, 0.3) is 0 Å². The van der Waals surface area contributed by atoms with E-state index in [4.69, 9.17) is 4.74 Å². The van der Waals surface area contributed by atoms with E-state index in [0.717, 1.165) is 24.8 Å². The first-order chi connectivity index (χ1) is 8.69. The minimum atomic E-state index is -0.125. The average molecular weight is 248 g/mol. The number of ether oxygens (including phenoxy) is 1. The zero-order valence-electron chi connectivity index (χ0n) is 11.7. The minimum Gasteiger partial charge on any atom is -0.465 e. The number of hydrogen-bond acceptors (Lipinski definition) is 2. The molecule has 0 aliphatic heterocycles. The fourth-order valence-electron chi connectivity index (χ4n) is 2.12. The van der Waals surface area contributed by atoms with Crippen molar-refractivity contribution in [3.05, 3.63) is 35.9 Å². The van der Waals surface area contributed by atoms with Crippen LogP contribution in [-0.4, -0.2) is 12.6 Å². The molecule has 2 heteroatoms. The summed E-state index contributed by atoms with van der Waals surface area (Å²) in [6.07, 6.45) is 3.02. The zero-order chi connectivity index (χ0) is 13.4. The lowest BCUT2D eigenvalue weighted by atomic mass is 9.97. The predicted octanol–water partition coefficient (Wildman–Crippen LogP) is 4.16. The van der Waals surface area contributed by atoms with Gasteiger partial charge in [-0.1, -0.05) is 57.5 Å². The Bertz CT molecular complexity index is 345. The molecule has 18 heavy (non-hydrogen) atoms. The van der Waals surface area contributed by atoms with Crippen LogP contribution in [-0.2, 0) is 9.53 Å². The molecule has 2 nitrogen and oxygen atoms in total. The number of esters is 1. The van der Waals surface area contributed by atoms with Crippen molar-refractivity contribution in [2.24, 2.45) is 5.92 Å². The van der Waals surface area contributed by atoms with E-state index >= 15 is 0 Å². The summed E-state index contributed by atoms with van der Waals surface area (Å²) in [5.74, 6) is 0.235. The molecule has 0 aromatic heterocycles. The zero-order valence-corrected chi connectivity index (χ0v) is 11.7. The SMILES string of the molecule is CCCC(C)COC(=O)C(CC)c1ccccc1. The molecule has 100 valence electrons. The Labute approximate surface area is 110 Å². The smallest absolute Gasteiger partial charge is 0.313 e. The molecule has 0 saturated carbocycles. The highest BCUT2D eigenvalue weighted by Gasteiger charge is 2.20. The van der Waals surface area contributed by atoms with Crippen molar-refractivity contribution >= 4 is 5.97 Å². The summed E-state index contributed by atoms with van der Waals surface area (Å²) < 4.78 is 5.42. The molecule has 1 aromatic carbocycles. The van der Waals surface area contributed by atoms with E-state index in [0.29, 0.717) is 12.5 Å². The van der Waals surface area contributed by atoms with Crippen LogP contribution in [0.3, 0.4) is 0 Å². The van der Waals surface area contributed by atoms with Gasteiger partial charge >= 0.3 is 5.97 Å². The molecule has 2 atom stereocenters. The highest BCUT2D eigenvalue weighted by Crippen LogP contribution is 2.21. The van der Waals surface area contributed by atoms with Gasteiger partial charge in [-0.15, -0.1) is 0 Å².